The van der Waals surface area contributed by atoms with Gasteiger partial charge >= 0.3 is 0 Å². The molecule has 0 bridgehead atoms. The van der Waals surface area contributed by atoms with Gasteiger partial charge in [0.15, 0.2) is 0 Å². The van der Waals surface area contributed by atoms with E-state index in [0.717, 1.165) is 15.8 Å². The van der Waals surface area contributed by atoms with Gasteiger partial charge in [-0.1, -0.05) is 11.6 Å². The minimum atomic E-state index is -0.467. The molecule has 144 valence electrons. The lowest BCUT2D eigenvalue weighted by molar-refractivity contribution is 0.0849. The van der Waals surface area contributed by atoms with Crippen molar-refractivity contribution >= 4 is 50.5 Å². The van der Waals surface area contributed by atoms with Crippen LogP contribution < -0.4 is 20.9 Å². The summed E-state index contributed by atoms with van der Waals surface area (Å²) in [5.41, 5.74) is 6.29. The Morgan fingerprint density at radius 3 is 2.46 bits per heavy atom. The van der Waals surface area contributed by atoms with Crippen molar-refractivity contribution in [2.45, 2.75) is 18.9 Å². The highest BCUT2D eigenvalue weighted by Crippen LogP contribution is 2.37. The molecule has 8 heteroatoms. The molecular weight excluding hydrogens is 398 g/mol. The molecule has 1 aromatic heterocycles. The molecule has 0 atom stereocenters. The quantitative estimate of drug-likeness (QED) is 0.545. The number of halogens is 1. The molecule has 3 aromatic rings. The lowest BCUT2D eigenvalue weighted by atomic mass is 10.2. The van der Waals surface area contributed by atoms with Gasteiger partial charge in [0.2, 0.25) is 0 Å². The SMILES string of the molecule is COc1ccc2c(Cl)c(C(=O)NNC(=O)c3ccc(NC4CC4)cc3)sc2c1. The maximum Gasteiger partial charge on any atom is 0.281 e. The number of nitrogens with one attached hydrogen (secondary N) is 3. The molecule has 6 nitrogen and oxygen atoms in total. The van der Waals surface area contributed by atoms with Crippen molar-refractivity contribution in [1.29, 1.82) is 0 Å². The van der Waals surface area contributed by atoms with Gasteiger partial charge in [0.25, 0.3) is 11.8 Å². The second-order valence-corrected chi connectivity index (χ2v) is 7.94. The average Bonchev–Trinajstić information content (AvgIpc) is 3.47. The van der Waals surface area contributed by atoms with Gasteiger partial charge in [-0.25, -0.2) is 0 Å². The van der Waals surface area contributed by atoms with E-state index in [1.807, 2.05) is 18.2 Å². The van der Waals surface area contributed by atoms with E-state index in [9.17, 15) is 9.59 Å². The zero-order chi connectivity index (χ0) is 19.7. The Kier molecular flexibility index (Phi) is 5.11. The molecule has 0 spiro atoms. The fraction of sp³-hybridized carbons (Fsp3) is 0.200. The molecule has 1 aliphatic rings. The first kappa shape index (κ1) is 18.6. The van der Waals surface area contributed by atoms with Crippen LogP contribution in [-0.4, -0.2) is 25.0 Å². The normalized spacial score (nSPS) is 13.2. The largest absolute Gasteiger partial charge is 0.497 e. The summed E-state index contributed by atoms with van der Waals surface area (Å²) >= 11 is 7.57. The Morgan fingerprint density at radius 1 is 1.07 bits per heavy atom. The first-order chi connectivity index (χ1) is 13.5. The first-order valence-electron chi connectivity index (χ1n) is 8.78. The van der Waals surface area contributed by atoms with Gasteiger partial charge in [-0.05, 0) is 55.3 Å². The average molecular weight is 416 g/mol. The van der Waals surface area contributed by atoms with Crippen LogP contribution in [0.4, 0.5) is 5.69 Å². The van der Waals surface area contributed by atoms with Gasteiger partial charge in [0, 0.05) is 27.4 Å². The minimum absolute atomic E-state index is 0.328. The molecule has 28 heavy (non-hydrogen) atoms. The van der Waals surface area contributed by atoms with Gasteiger partial charge in [-0.2, -0.15) is 0 Å². The molecule has 1 fully saturated rings. The number of carbonyl (C=O) groups excluding carboxylic acids is 2. The van der Waals surface area contributed by atoms with Crippen LogP contribution in [0.3, 0.4) is 0 Å². The number of hydrogen-bond acceptors (Lipinski definition) is 5. The van der Waals surface area contributed by atoms with Crippen LogP contribution in [0.2, 0.25) is 5.02 Å². The van der Waals surface area contributed by atoms with Crippen molar-refractivity contribution in [2.75, 3.05) is 12.4 Å². The van der Waals surface area contributed by atoms with E-state index in [4.69, 9.17) is 16.3 Å². The highest BCUT2D eigenvalue weighted by atomic mass is 35.5. The van der Waals surface area contributed by atoms with E-state index >= 15 is 0 Å². The summed E-state index contributed by atoms with van der Waals surface area (Å²) in [6.45, 7) is 0. The van der Waals surface area contributed by atoms with Crippen LogP contribution in [0.5, 0.6) is 5.75 Å². The minimum Gasteiger partial charge on any atom is -0.497 e. The molecule has 1 heterocycles. The number of anilines is 1. The number of amides is 2. The van der Waals surface area contributed by atoms with E-state index in [-0.39, 0.29) is 0 Å². The van der Waals surface area contributed by atoms with Gasteiger partial charge in [-0.15, -0.1) is 11.3 Å². The summed E-state index contributed by atoms with van der Waals surface area (Å²) in [6.07, 6.45) is 2.36. The van der Waals surface area contributed by atoms with Crippen molar-refractivity contribution in [3.05, 3.63) is 57.9 Å². The first-order valence-corrected chi connectivity index (χ1v) is 9.98. The molecule has 0 radical (unpaired) electrons. The third-order valence-electron chi connectivity index (χ3n) is 4.43. The third kappa shape index (κ3) is 3.90. The van der Waals surface area contributed by atoms with Crippen LogP contribution in [0, 0.1) is 0 Å². The predicted octanol–water partition coefficient (Wildman–Crippen LogP) is 4.21. The Balaban J connectivity index is 1.41. The number of benzene rings is 2. The van der Waals surface area contributed by atoms with Crippen molar-refractivity contribution in [2.24, 2.45) is 0 Å². The number of hydrazine groups is 1. The molecular formula is C20H18ClN3O3S. The van der Waals surface area contributed by atoms with Crippen LogP contribution in [0.25, 0.3) is 10.1 Å². The standard InChI is InChI=1S/C20H18ClN3O3S/c1-27-14-8-9-15-16(10-14)28-18(17(15)21)20(26)24-23-19(25)11-2-4-12(5-3-11)22-13-6-7-13/h2-5,8-10,13,22H,6-7H2,1H3,(H,23,25)(H,24,26). The van der Waals surface area contributed by atoms with Gasteiger partial charge in [0.1, 0.15) is 10.6 Å². The monoisotopic (exact) mass is 415 g/mol. The lowest BCUT2D eigenvalue weighted by Gasteiger charge is -2.08. The zero-order valence-corrected chi connectivity index (χ0v) is 16.6. The van der Waals surface area contributed by atoms with Crippen molar-refractivity contribution in [1.82, 2.24) is 10.9 Å². The van der Waals surface area contributed by atoms with Gasteiger partial charge in [0.05, 0.1) is 12.1 Å². The Hall–Kier alpha value is -2.77. The Morgan fingerprint density at radius 2 is 1.79 bits per heavy atom. The molecule has 0 aliphatic heterocycles. The number of carbonyl (C=O) groups is 2. The van der Waals surface area contributed by atoms with Crippen LogP contribution in [0.1, 0.15) is 32.9 Å². The number of fused-ring (bicyclic) bond motifs is 1. The highest BCUT2D eigenvalue weighted by Gasteiger charge is 2.21. The summed E-state index contributed by atoms with van der Waals surface area (Å²) in [5, 5.41) is 4.48. The molecule has 1 aliphatic carbocycles. The molecule has 3 N–H and O–H groups in total. The van der Waals surface area contributed by atoms with Crippen molar-refractivity contribution in [3.8, 4) is 5.75 Å². The number of methoxy groups -OCH3 is 1. The van der Waals surface area contributed by atoms with E-state index in [0.29, 0.717) is 27.3 Å². The summed E-state index contributed by atoms with van der Waals surface area (Å²) in [6, 6.07) is 13.1. The molecule has 0 saturated heterocycles. The van der Waals surface area contributed by atoms with Crippen LogP contribution >= 0.6 is 22.9 Å². The summed E-state index contributed by atoms with van der Waals surface area (Å²) in [4.78, 5) is 25.1. The molecule has 2 amide bonds. The Bertz CT molecular complexity index is 1040. The second-order valence-electron chi connectivity index (χ2n) is 6.51. The number of ether oxygens (including phenoxy) is 1. The van der Waals surface area contributed by atoms with Crippen LogP contribution in [-0.2, 0) is 0 Å². The van der Waals surface area contributed by atoms with E-state index in [2.05, 4.69) is 16.2 Å². The molecule has 4 rings (SSSR count). The second kappa shape index (κ2) is 7.69. The zero-order valence-electron chi connectivity index (χ0n) is 15.0. The van der Waals surface area contributed by atoms with E-state index < -0.39 is 11.8 Å². The van der Waals surface area contributed by atoms with E-state index in [1.165, 1.54) is 24.2 Å². The molecule has 1 saturated carbocycles. The maximum atomic E-state index is 12.5. The molecule has 0 unspecified atom stereocenters. The Labute approximate surface area is 170 Å². The van der Waals surface area contributed by atoms with Crippen LogP contribution in [0.15, 0.2) is 42.5 Å². The maximum absolute atomic E-state index is 12.5. The fourth-order valence-corrected chi connectivity index (χ4v) is 4.18. The smallest absolute Gasteiger partial charge is 0.281 e. The van der Waals surface area contributed by atoms with Gasteiger partial charge < -0.3 is 10.1 Å². The third-order valence-corrected chi connectivity index (χ3v) is 6.08. The number of hydrogen-bond donors (Lipinski definition) is 3. The van der Waals surface area contributed by atoms with Crippen molar-refractivity contribution in [3.63, 3.8) is 0 Å². The predicted molar refractivity (Wildman–Crippen MR) is 111 cm³/mol. The van der Waals surface area contributed by atoms with E-state index in [1.54, 1.807) is 31.4 Å². The lowest BCUT2D eigenvalue weighted by Crippen LogP contribution is -2.41. The highest BCUT2D eigenvalue weighted by molar-refractivity contribution is 7.21. The fourth-order valence-electron chi connectivity index (χ4n) is 2.74. The van der Waals surface area contributed by atoms with Gasteiger partial charge in [-0.3, -0.25) is 20.4 Å². The number of thiophene rings is 1. The summed E-state index contributed by atoms with van der Waals surface area (Å²) in [5.74, 6) is -0.180. The topological polar surface area (TPSA) is 79.5 Å². The van der Waals surface area contributed by atoms with Crippen molar-refractivity contribution < 1.29 is 14.3 Å². The number of rotatable bonds is 5. The summed E-state index contributed by atoms with van der Waals surface area (Å²) < 4.78 is 6.03. The molecule has 2 aromatic carbocycles. The summed E-state index contributed by atoms with van der Waals surface area (Å²) in [7, 11) is 1.58.